The molecule has 0 aliphatic heterocycles. The summed E-state index contributed by atoms with van der Waals surface area (Å²) in [6.45, 7) is 1.92. The molecule has 31 heavy (non-hydrogen) atoms. The molecule has 0 radical (unpaired) electrons. The Morgan fingerprint density at radius 2 is 0.968 bits per heavy atom. The first kappa shape index (κ1) is 21.2. The number of anilines is 2. The summed E-state index contributed by atoms with van der Waals surface area (Å²) in [5.74, 6) is 0. The molecular formula is C28H29N2P. The van der Waals surface area contributed by atoms with E-state index >= 15 is 0 Å². The second-order valence-corrected chi connectivity index (χ2v) is 9.86. The molecule has 0 aromatic heterocycles. The smallest absolute Gasteiger partial charge is 0.0449 e. The molecule has 0 aliphatic carbocycles. The molecule has 2 nitrogen and oxygen atoms in total. The fraction of sp³-hybridized carbons (Fsp3) is 0.143. The second-order valence-electron chi connectivity index (χ2n) is 7.67. The number of benzene rings is 4. The lowest BCUT2D eigenvalue weighted by Crippen LogP contribution is -2.34. The first-order valence-corrected chi connectivity index (χ1v) is 12.0. The molecule has 4 rings (SSSR count). The van der Waals surface area contributed by atoms with E-state index in [9.17, 15) is 0 Å². The van der Waals surface area contributed by atoms with Crippen molar-refractivity contribution in [2.24, 2.45) is 0 Å². The number of hydrogen-bond donors (Lipinski definition) is 0. The Hall–Kier alpha value is -3.09. The third kappa shape index (κ3) is 5.16. The average molecular weight is 425 g/mol. The van der Waals surface area contributed by atoms with Crippen molar-refractivity contribution in [2.75, 3.05) is 37.0 Å². The van der Waals surface area contributed by atoms with E-state index in [1.54, 1.807) is 0 Å². The maximum atomic E-state index is 2.40. The van der Waals surface area contributed by atoms with Gasteiger partial charge in [-0.05, 0) is 36.7 Å². The maximum absolute atomic E-state index is 2.40. The van der Waals surface area contributed by atoms with Crippen molar-refractivity contribution in [2.45, 2.75) is 0 Å². The SMILES string of the molecule is CN(CCN(C)c1ccccc1P(c1ccccc1)c1ccccc1)c1ccccc1. The molecule has 0 aliphatic rings. The Kier molecular flexibility index (Phi) is 7.02. The minimum absolute atomic E-state index is 0.624. The van der Waals surface area contributed by atoms with Crippen LogP contribution in [-0.4, -0.2) is 27.2 Å². The summed E-state index contributed by atoms with van der Waals surface area (Å²) < 4.78 is 0. The van der Waals surface area contributed by atoms with E-state index < -0.39 is 7.92 Å². The summed E-state index contributed by atoms with van der Waals surface area (Å²) in [6.07, 6.45) is 0. The van der Waals surface area contributed by atoms with Gasteiger partial charge in [0.05, 0.1) is 0 Å². The minimum Gasteiger partial charge on any atom is -0.373 e. The van der Waals surface area contributed by atoms with Crippen LogP contribution in [0.3, 0.4) is 0 Å². The molecule has 0 saturated carbocycles. The van der Waals surface area contributed by atoms with E-state index in [0.29, 0.717) is 0 Å². The van der Waals surface area contributed by atoms with Crippen LogP contribution in [0.1, 0.15) is 0 Å². The normalized spacial score (nSPS) is 10.8. The quantitative estimate of drug-likeness (QED) is 0.367. The Labute approximate surface area is 187 Å². The molecule has 0 bridgehead atoms. The number of hydrogen-bond acceptors (Lipinski definition) is 2. The van der Waals surface area contributed by atoms with E-state index in [1.807, 2.05) is 0 Å². The summed E-state index contributed by atoms with van der Waals surface area (Å²) in [5.41, 5.74) is 2.56. The molecule has 0 saturated heterocycles. The molecule has 0 heterocycles. The molecule has 0 atom stereocenters. The van der Waals surface area contributed by atoms with Crippen molar-refractivity contribution in [3.8, 4) is 0 Å². The van der Waals surface area contributed by atoms with Gasteiger partial charge in [0.1, 0.15) is 0 Å². The zero-order valence-corrected chi connectivity index (χ0v) is 19.1. The Morgan fingerprint density at radius 1 is 0.516 bits per heavy atom. The van der Waals surface area contributed by atoms with Gasteiger partial charge in [0.15, 0.2) is 0 Å². The van der Waals surface area contributed by atoms with Crippen LogP contribution < -0.4 is 25.7 Å². The van der Waals surface area contributed by atoms with Crippen molar-refractivity contribution >= 4 is 35.2 Å². The highest BCUT2D eigenvalue weighted by molar-refractivity contribution is 7.80. The van der Waals surface area contributed by atoms with Crippen LogP contribution in [0.15, 0.2) is 115 Å². The van der Waals surface area contributed by atoms with Crippen LogP contribution in [0.25, 0.3) is 0 Å². The monoisotopic (exact) mass is 424 g/mol. The van der Waals surface area contributed by atoms with Gasteiger partial charge in [-0.3, -0.25) is 0 Å². The molecule has 0 unspecified atom stereocenters. The lowest BCUT2D eigenvalue weighted by Gasteiger charge is -2.29. The Balaban J connectivity index is 1.63. The third-order valence-corrected chi connectivity index (χ3v) is 8.02. The van der Waals surface area contributed by atoms with E-state index in [0.717, 1.165) is 13.1 Å². The van der Waals surface area contributed by atoms with Crippen molar-refractivity contribution in [3.05, 3.63) is 115 Å². The summed E-state index contributed by atoms with van der Waals surface area (Å²) in [4.78, 5) is 4.71. The standard InChI is InChI=1S/C28H29N2P/c1-29(24-14-6-3-7-15-24)22-23-30(2)27-20-12-13-21-28(27)31(25-16-8-4-9-17-25)26-18-10-5-11-19-26/h3-21H,22-23H2,1-2H3. The Bertz CT molecular complexity index is 1030. The van der Waals surface area contributed by atoms with Gasteiger partial charge in [0.2, 0.25) is 0 Å². The predicted octanol–water partition coefficient (Wildman–Crippen LogP) is 5.02. The van der Waals surface area contributed by atoms with Gasteiger partial charge in [0, 0.05) is 43.9 Å². The minimum atomic E-state index is -0.624. The zero-order chi connectivity index (χ0) is 21.5. The van der Waals surface area contributed by atoms with Gasteiger partial charge in [-0.15, -0.1) is 0 Å². The molecular weight excluding hydrogens is 395 g/mol. The van der Waals surface area contributed by atoms with Crippen LogP contribution in [0.2, 0.25) is 0 Å². The van der Waals surface area contributed by atoms with Crippen LogP contribution >= 0.6 is 7.92 Å². The largest absolute Gasteiger partial charge is 0.373 e. The summed E-state index contributed by atoms with van der Waals surface area (Å²) in [6, 6.07) is 41.3. The average Bonchev–Trinajstić information content (AvgIpc) is 2.85. The molecule has 3 heteroatoms. The van der Waals surface area contributed by atoms with Crippen LogP contribution in [0, 0.1) is 0 Å². The number of para-hydroxylation sites is 2. The van der Waals surface area contributed by atoms with Crippen LogP contribution in [-0.2, 0) is 0 Å². The number of likely N-dealkylation sites (N-methyl/N-ethyl adjacent to an activating group) is 2. The third-order valence-electron chi connectivity index (χ3n) is 5.53. The number of nitrogens with zero attached hydrogens (tertiary/aromatic N) is 2. The van der Waals surface area contributed by atoms with E-state index in [1.165, 1.54) is 27.3 Å². The van der Waals surface area contributed by atoms with E-state index in [-0.39, 0.29) is 0 Å². The van der Waals surface area contributed by atoms with Gasteiger partial charge >= 0.3 is 0 Å². The van der Waals surface area contributed by atoms with Crippen LogP contribution in [0.5, 0.6) is 0 Å². The van der Waals surface area contributed by atoms with Crippen molar-refractivity contribution < 1.29 is 0 Å². The Morgan fingerprint density at radius 3 is 1.55 bits per heavy atom. The number of rotatable bonds is 8. The molecule has 0 fully saturated rings. The first-order chi connectivity index (χ1) is 15.2. The highest BCUT2D eigenvalue weighted by atomic mass is 31.1. The lowest BCUT2D eigenvalue weighted by molar-refractivity contribution is 0.834. The van der Waals surface area contributed by atoms with Gasteiger partial charge < -0.3 is 9.80 Å². The lowest BCUT2D eigenvalue weighted by atomic mass is 10.2. The second kappa shape index (κ2) is 10.3. The fourth-order valence-electron chi connectivity index (χ4n) is 3.79. The molecule has 4 aromatic carbocycles. The van der Waals surface area contributed by atoms with Crippen molar-refractivity contribution in [1.82, 2.24) is 0 Å². The van der Waals surface area contributed by atoms with E-state index in [4.69, 9.17) is 0 Å². The summed E-state index contributed by atoms with van der Waals surface area (Å²) in [7, 11) is 3.75. The molecule has 0 amide bonds. The maximum Gasteiger partial charge on any atom is 0.0449 e. The van der Waals surface area contributed by atoms with Gasteiger partial charge in [0.25, 0.3) is 0 Å². The summed E-state index contributed by atoms with van der Waals surface area (Å²) in [5, 5.41) is 4.16. The topological polar surface area (TPSA) is 6.48 Å². The van der Waals surface area contributed by atoms with Gasteiger partial charge in [-0.1, -0.05) is 97.1 Å². The van der Waals surface area contributed by atoms with Gasteiger partial charge in [-0.25, -0.2) is 0 Å². The zero-order valence-electron chi connectivity index (χ0n) is 18.2. The highest BCUT2D eigenvalue weighted by Crippen LogP contribution is 2.36. The fourth-order valence-corrected chi connectivity index (χ4v) is 6.29. The first-order valence-electron chi connectivity index (χ1n) is 10.7. The molecule has 0 N–H and O–H groups in total. The highest BCUT2D eigenvalue weighted by Gasteiger charge is 2.20. The molecule has 0 spiro atoms. The summed E-state index contributed by atoms with van der Waals surface area (Å²) >= 11 is 0. The van der Waals surface area contributed by atoms with Crippen molar-refractivity contribution in [1.29, 1.82) is 0 Å². The predicted molar refractivity (Wildman–Crippen MR) is 138 cm³/mol. The molecule has 4 aromatic rings. The van der Waals surface area contributed by atoms with Gasteiger partial charge in [-0.2, -0.15) is 0 Å². The van der Waals surface area contributed by atoms with E-state index in [2.05, 4.69) is 139 Å². The molecule has 156 valence electrons. The van der Waals surface area contributed by atoms with Crippen LogP contribution in [0.4, 0.5) is 11.4 Å². The van der Waals surface area contributed by atoms with Crippen molar-refractivity contribution in [3.63, 3.8) is 0 Å².